The molecule has 8 nitrogen and oxygen atoms in total. The Labute approximate surface area is 297 Å². The number of nitrogens with zero attached hydrogens (tertiary/aromatic N) is 1. The van der Waals surface area contributed by atoms with Gasteiger partial charge in [-0.25, -0.2) is 4.57 Å². The van der Waals surface area contributed by atoms with Crippen molar-refractivity contribution in [1.29, 1.82) is 0 Å². The van der Waals surface area contributed by atoms with Crippen LogP contribution in [0.2, 0.25) is 0 Å². The molecule has 0 fully saturated rings. The molecule has 0 aliphatic heterocycles. The third-order valence-corrected chi connectivity index (χ3v) is 9.96. The molecule has 0 aliphatic rings. The van der Waals surface area contributed by atoms with Gasteiger partial charge in [-0.15, -0.1) is 0 Å². The molecule has 0 heterocycles. The molecular formula is C39H80N2O6P+. The van der Waals surface area contributed by atoms with Crippen molar-refractivity contribution in [3.05, 3.63) is 12.2 Å². The average molecular weight is 704 g/mol. The summed E-state index contributed by atoms with van der Waals surface area (Å²) in [6.07, 6.45) is 35.9. The molecule has 0 saturated heterocycles. The number of aliphatic hydroxyl groups excluding tert-OH is 1. The zero-order valence-corrected chi connectivity index (χ0v) is 33.1. The van der Waals surface area contributed by atoms with Crippen LogP contribution in [0.3, 0.4) is 0 Å². The Kier molecular flexibility index (Phi) is 31.7. The Morgan fingerprint density at radius 2 is 1.10 bits per heavy atom. The predicted molar refractivity (Wildman–Crippen MR) is 203 cm³/mol. The van der Waals surface area contributed by atoms with Crippen molar-refractivity contribution < 1.29 is 32.9 Å². The fourth-order valence-corrected chi connectivity index (χ4v) is 6.53. The summed E-state index contributed by atoms with van der Waals surface area (Å²) < 4.78 is 23.1. The Morgan fingerprint density at radius 3 is 1.50 bits per heavy atom. The van der Waals surface area contributed by atoms with E-state index in [-0.39, 0.29) is 19.1 Å². The third kappa shape index (κ3) is 33.7. The van der Waals surface area contributed by atoms with Gasteiger partial charge in [0.25, 0.3) is 0 Å². The number of allylic oxidation sites excluding steroid dienone is 1. The predicted octanol–water partition coefficient (Wildman–Crippen LogP) is 10.4. The van der Waals surface area contributed by atoms with Gasteiger partial charge in [0.15, 0.2) is 0 Å². The van der Waals surface area contributed by atoms with Crippen LogP contribution in [0.25, 0.3) is 0 Å². The van der Waals surface area contributed by atoms with E-state index in [1.165, 1.54) is 135 Å². The van der Waals surface area contributed by atoms with Crippen LogP contribution in [0.4, 0.5) is 0 Å². The lowest BCUT2D eigenvalue weighted by Crippen LogP contribution is -2.45. The normalized spacial score (nSPS) is 14.7. The highest BCUT2D eigenvalue weighted by Crippen LogP contribution is 2.43. The number of unbranched alkanes of at least 4 members (excludes halogenated alkanes) is 23. The van der Waals surface area contributed by atoms with Gasteiger partial charge in [-0.2, -0.15) is 0 Å². The second-order valence-electron chi connectivity index (χ2n) is 15.0. The second kappa shape index (κ2) is 32.2. The average Bonchev–Trinajstić information content (AvgIpc) is 3.02. The number of carbonyl (C=O) groups excluding carboxylic acids is 1. The quantitative estimate of drug-likeness (QED) is 0.0260. The zero-order chi connectivity index (χ0) is 35.8. The Bertz CT molecular complexity index is 804. The molecule has 0 aromatic rings. The molecule has 0 spiro atoms. The van der Waals surface area contributed by atoms with E-state index in [9.17, 15) is 19.4 Å². The highest BCUT2D eigenvalue weighted by molar-refractivity contribution is 7.47. The summed E-state index contributed by atoms with van der Waals surface area (Å²) in [4.78, 5) is 22.2. The summed E-state index contributed by atoms with van der Waals surface area (Å²) in [5.41, 5.74) is 0. The van der Waals surface area contributed by atoms with Crippen LogP contribution in [0.15, 0.2) is 12.2 Å². The lowest BCUT2D eigenvalue weighted by atomic mass is 10.0. The van der Waals surface area contributed by atoms with E-state index < -0.39 is 20.0 Å². The van der Waals surface area contributed by atoms with Crippen molar-refractivity contribution in [3.63, 3.8) is 0 Å². The molecule has 0 aromatic heterocycles. The molecule has 9 heteroatoms. The van der Waals surface area contributed by atoms with Crippen LogP contribution >= 0.6 is 7.82 Å². The van der Waals surface area contributed by atoms with Gasteiger partial charge in [-0.05, 0) is 19.3 Å². The van der Waals surface area contributed by atoms with E-state index in [4.69, 9.17) is 9.05 Å². The first-order chi connectivity index (χ1) is 23.0. The van der Waals surface area contributed by atoms with Crippen molar-refractivity contribution in [1.82, 2.24) is 5.32 Å². The summed E-state index contributed by atoms with van der Waals surface area (Å²) >= 11 is 0. The number of aliphatic hydroxyl groups is 1. The van der Waals surface area contributed by atoms with Gasteiger partial charge < -0.3 is 19.8 Å². The third-order valence-electron chi connectivity index (χ3n) is 8.98. The largest absolute Gasteiger partial charge is 0.472 e. The summed E-state index contributed by atoms with van der Waals surface area (Å²) in [5.74, 6) is -0.230. The number of hydrogen-bond acceptors (Lipinski definition) is 5. The van der Waals surface area contributed by atoms with Crippen molar-refractivity contribution in [2.24, 2.45) is 0 Å². The summed E-state index contributed by atoms with van der Waals surface area (Å²) in [6.45, 7) is 4.46. The maximum atomic E-state index is 12.3. The molecule has 3 N–H and O–H groups in total. The number of hydrogen-bond donors (Lipinski definition) is 3. The highest BCUT2D eigenvalue weighted by Gasteiger charge is 2.27. The molecular weight excluding hydrogens is 623 g/mol. The molecule has 3 atom stereocenters. The van der Waals surface area contributed by atoms with Gasteiger partial charge in [-0.1, -0.05) is 167 Å². The van der Waals surface area contributed by atoms with Gasteiger partial charge >= 0.3 is 7.82 Å². The lowest BCUT2D eigenvalue weighted by molar-refractivity contribution is -0.870. The van der Waals surface area contributed by atoms with Crippen LogP contribution < -0.4 is 5.32 Å². The van der Waals surface area contributed by atoms with Crippen LogP contribution in [0, 0.1) is 0 Å². The molecule has 286 valence electrons. The highest BCUT2D eigenvalue weighted by atomic mass is 31.2. The summed E-state index contributed by atoms with van der Waals surface area (Å²) in [7, 11) is 1.57. The van der Waals surface area contributed by atoms with E-state index in [0.29, 0.717) is 23.9 Å². The van der Waals surface area contributed by atoms with Crippen molar-refractivity contribution in [3.8, 4) is 0 Å². The van der Waals surface area contributed by atoms with E-state index in [2.05, 4.69) is 12.2 Å². The minimum atomic E-state index is -4.30. The van der Waals surface area contributed by atoms with Gasteiger partial charge in [0.2, 0.25) is 5.91 Å². The van der Waals surface area contributed by atoms with E-state index in [0.717, 1.165) is 19.3 Å². The fraction of sp³-hybridized carbons (Fsp3) is 0.923. The summed E-state index contributed by atoms with van der Waals surface area (Å²) in [5, 5.41) is 13.4. The Morgan fingerprint density at radius 1 is 0.688 bits per heavy atom. The molecule has 0 saturated carbocycles. The first kappa shape index (κ1) is 47.2. The van der Waals surface area contributed by atoms with Crippen LogP contribution in [0.1, 0.15) is 181 Å². The van der Waals surface area contributed by atoms with Gasteiger partial charge in [0, 0.05) is 6.42 Å². The lowest BCUT2D eigenvalue weighted by Gasteiger charge is -2.25. The Balaban J connectivity index is 3.85. The van der Waals surface area contributed by atoms with Gasteiger partial charge in [0.05, 0.1) is 39.9 Å². The number of likely N-dealkylation sites (N-methyl/N-ethyl adjacent to an activating group) is 1. The summed E-state index contributed by atoms with van der Waals surface area (Å²) in [6, 6.07) is -0.836. The number of phosphoric acid groups is 1. The van der Waals surface area contributed by atoms with Crippen molar-refractivity contribution in [2.75, 3.05) is 40.9 Å². The van der Waals surface area contributed by atoms with E-state index >= 15 is 0 Å². The molecule has 0 aromatic carbocycles. The van der Waals surface area contributed by atoms with Crippen LogP contribution in [-0.4, -0.2) is 73.4 Å². The van der Waals surface area contributed by atoms with Crippen LogP contribution in [0.5, 0.6) is 0 Å². The number of phosphoric ester groups is 1. The zero-order valence-electron chi connectivity index (χ0n) is 32.2. The smallest absolute Gasteiger partial charge is 0.387 e. The molecule has 0 radical (unpaired) electrons. The number of amides is 1. The number of rotatable bonds is 36. The minimum absolute atomic E-state index is 0.0617. The van der Waals surface area contributed by atoms with E-state index in [1.807, 2.05) is 34.1 Å². The fourth-order valence-electron chi connectivity index (χ4n) is 5.79. The molecule has 0 aliphatic carbocycles. The van der Waals surface area contributed by atoms with Crippen molar-refractivity contribution >= 4 is 13.7 Å². The molecule has 3 unspecified atom stereocenters. The van der Waals surface area contributed by atoms with Gasteiger partial charge in [0.1, 0.15) is 13.2 Å². The first-order valence-corrected chi connectivity index (χ1v) is 21.6. The maximum absolute atomic E-state index is 12.3. The minimum Gasteiger partial charge on any atom is -0.387 e. The first-order valence-electron chi connectivity index (χ1n) is 20.1. The molecule has 0 rings (SSSR count). The topological polar surface area (TPSA) is 105 Å². The second-order valence-corrected chi connectivity index (χ2v) is 16.5. The van der Waals surface area contributed by atoms with Crippen LogP contribution in [-0.2, 0) is 18.4 Å². The van der Waals surface area contributed by atoms with Crippen molar-refractivity contribution in [2.45, 2.75) is 193 Å². The molecule has 48 heavy (non-hydrogen) atoms. The Hall–Kier alpha value is -0.760. The van der Waals surface area contributed by atoms with Gasteiger partial charge in [-0.3, -0.25) is 13.8 Å². The number of quaternary nitrogens is 1. The molecule has 1 amide bonds. The monoisotopic (exact) mass is 704 g/mol. The van der Waals surface area contributed by atoms with E-state index in [1.54, 1.807) is 6.08 Å². The number of carbonyl (C=O) groups is 1. The maximum Gasteiger partial charge on any atom is 0.472 e. The molecule has 0 bridgehead atoms. The number of nitrogens with one attached hydrogen (secondary N) is 1. The SMILES string of the molecule is CCCCCCCCCCCCCCCCCCCCCCCCC/C=C/C(O)C(COP(=O)(O)OCC[N+](C)(C)C)NC(=O)CCC. The standard InChI is InChI=1S/C39H79N2O6P/c1-6-8-9-10-11-12-13-14-15-16-17-18-19-20-21-22-23-24-25-26-27-28-29-30-31-33-38(42)37(40-39(43)32-7-2)36-47-48(44,45)46-35-34-41(3,4)5/h31,33,37-38,42H,6-30,32,34-36H2,1-5H3,(H-,40,43,44,45)/p+1/b33-31+.